The van der Waals surface area contributed by atoms with Gasteiger partial charge in [0.1, 0.15) is 0 Å². The largest absolute Gasteiger partial charge is 0.372 e. The number of fused-ring (bicyclic) bond motifs is 1. The van der Waals surface area contributed by atoms with Crippen LogP contribution in [0.15, 0.2) is 48.5 Å². The minimum absolute atomic E-state index is 0.0165. The fraction of sp³-hybridized carbons (Fsp3) is 0.381. The number of carbonyl (C=O) groups is 1. The van der Waals surface area contributed by atoms with Gasteiger partial charge in [-0.05, 0) is 68.5 Å². The van der Waals surface area contributed by atoms with E-state index < -0.39 is 0 Å². The first-order valence-corrected chi connectivity index (χ1v) is 8.96. The Morgan fingerprint density at radius 3 is 2.50 bits per heavy atom. The second kappa shape index (κ2) is 7.52. The van der Waals surface area contributed by atoms with Crippen molar-refractivity contribution in [2.75, 3.05) is 18.0 Å². The second-order valence-electron chi connectivity index (χ2n) is 6.34. The van der Waals surface area contributed by atoms with Crippen LogP contribution in [0.2, 0.25) is 0 Å². The minimum Gasteiger partial charge on any atom is -0.372 e. The van der Waals surface area contributed by atoms with Gasteiger partial charge >= 0.3 is 0 Å². The maximum Gasteiger partial charge on any atom is 0.251 e. The highest BCUT2D eigenvalue weighted by molar-refractivity contribution is 5.94. The van der Waals surface area contributed by atoms with Crippen molar-refractivity contribution in [2.45, 2.75) is 39.2 Å². The molecule has 3 heteroatoms. The second-order valence-corrected chi connectivity index (χ2v) is 6.34. The molecule has 1 aliphatic rings. The summed E-state index contributed by atoms with van der Waals surface area (Å²) in [6, 6.07) is 16.5. The summed E-state index contributed by atoms with van der Waals surface area (Å²) >= 11 is 0. The maximum atomic E-state index is 12.6. The summed E-state index contributed by atoms with van der Waals surface area (Å²) in [5, 5.41) is 3.22. The standard InChI is InChI=1S/C21H26N2O/c1-3-23(4-2)18-14-12-17(13-15-18)21(24)22-20-11-7-9-16-8-5-6-10-19(16)20/h5-6,8,10,12-15,20H,3-4,7,9,11H2,1-2H3,(H,22,24). The first-order chi connectivity index (χ1) is 11.7. The quantitative estimate of drug-likeness (QED) is 0.888. The van der Waals surface area contributed by atoms with E-state index in [-0.39, 0.29) is 11.9 Å². The van der Waals surface area contributed by atoms with Crippen LogP contribution in [-0.2, 0) is 6.42 Å². The highest BCUT2D eigenvalue weighted by atomic mass is 16.1. The number of hydrogen-bond acceptors (Lipinski definition) is 2. The third kappa shape index (κ3) is 3.45. The van der Waals surface area contributed by atoms with Crippen molar-refractivity contribution < 1.29 is 4.79 Å². The van der Waals surface area contributed by atoms with Gasteiger partial charge in [-0.3, -0.25) is 4.79 Å². The topological polar surface area (TPSA) is 32.3 Å². The van der Waals surface area contributed by atoms with Crippen molar-refractivity contribution in [3.05, 3.63) is 65.2 Å². The van der Waals surface area contributed by atoms with Crippen LogP contribution in [-0.4, -0.2) is 19.0 Å². The first-order valence-electron chi connectivity index (χ1n) is 8.96. The van der Waals surface area contributed by atoms with Crippen LogP contribution in [0.3, 0.4) is 0 Å². The van der Waals surface area contributed by atoms with Crippen LogP contribution in [0.5, 0.6) is 0 Å². The summed E-state index contributed by atoms with van der Waals surface area (Å²) in [5.74, 6) is 0.0165. The highest BCUT2D eigenvalue weighted by Crippen LogP contribution is 2.29. The van der Waals surface area contributed by atoms with Crippen LogP contribution in [0, 0.1) is 0 Å². The Labute approximate surface area is 144 Å². The SMILES string of the molecule is CCN(CC)c1ccc(C(=O)NC2CCCc3ccccc32)cc1. The molecule has 2 aromatic rings. The monoisotopic (exact) mass is 322 g/mol. The Morgan fingerprint density at radius 1 is 1.08 bits per heavy atom. The molecular weight excluding hydrogens is 296 g/mol. The number of aryl methyl sites for hydroxylation is 1. The van der Waals surface area contributed by atoms with Crippen molar-refractivity contribution >= 4 is 11.6 Å². The molecule has 126 valence electrons. The molecule has 1 atom stereocenters. The van der Waals surface area contributed by atoms with E-state index in [9.17, 15) is 4.79 Å². The molecule has 2 aromatic carbocycles. The van der Waals surface area contributed by atoms with E-state index in [1.54, 1.807) is 0 Å². The lowest BCUT2D eigenvalue weighted by Gasteiger charge is -2.26. The lowest BCUT2D eigenvalue weighted by Crippen LogP contribution is -2.31. The van der Waals surface area contributed by atoms with Gasteiger partial charge in [-0.1, -0.05) is 24.3 Å². The number of nitrogens with zero attached hydrogens (tertiary/aromatic N) is 1. The smallest absolute Gasteiger partial charge is 0.251 e. The summed E-state index contributed by atoms with van der Waals surface area (Å²) in [7, 11) is 0. The normalized spacial score (nSPS) is 16.3. The van der Waals surface area contributed by atoms with Gasteiger partial charge in [0, 0.05) is 24.3 Å². The molecule has 1 N–H and O–H groups in total. The number of anilines is 1. The predicted octanol–water partition coefficient (Wildman–Crippen LogP) is 4.34. The molecule has 0 heterocycles. The number of amides is 1. The molecule has 0 fully saturated rings. The molecule has 3 nitrogen and oxygen atoms in total. The molecule has 0 aromatic heterocycles. The minimum atomic E-state index is 0.0165. The van der Waals surface area contributed by atoms with Crippen LogP contribution >= 0.6 is 0 Å². The average Bonchev–Trinajstić information content (AvgIpc) is 2.63. The van der Waals surface area contributed by atoms with E-state index in [2.05, 4.69) is 48.3 Å². The zero-order valence-corrected chi connectivity index (χ0v) is 14.6. The zero-order chi connectivity index (χ0) is 16.9. The number of hydrogen-bond donors (Lipinski definition) is 1. The zero-order valence-electron chi connectivity index (χ0n) is 14.6. The third-order valence-corrected chi connectivity index (χ3v) is 4.93. The Balaban J connectivity index is 1.72. The van der Waals surface area contributed by atoms with E-state index in [0.717, 1.165) is 37.9 Å². The van der Waals surface area contributed by atoms with Crippen LogP contribution in [0.1, 0.15) is 54.2 Å². The van der Waals surface area contributed by atoms with Crippen molar-refractivity contribution in [1.82, 2.24) is 5.32 Å². The molecule has 0 aliphatic heterocycles. The molecule has 24 heavy (non-hydrogen) atoms. The van der Waals surface area contributed by atoms with Crippen LogP contribution in [0.4, 0.5) is 5.69 Å². The van der Waals surface area contributed by atoms with E-state index in [4.69, 9.17) is 0 Å². The number of nitrogens with one attached hydrogen (secondary N) is 1. The summed E-state index contributed by atoms with van der Waals surface area (Å²) in [4.78, 5) is 14.9. The van der Waals surface area contributed by atoms with Gasteiger partial charge in [0.05, 0.1) is 6.04 Å². The summed E-state index contributed by atoms with van der Waals surface area (Å²) < 4.78 is 0. The third-order valence-electron chi connectivity index (χ3n) is 4.93. The van der Waals surface area contributed by atoms with Gasteiger partial charge < -0.3 is 10.2 Å². The van der Waals surface area contributed by atoms with Gasteiger partial charge in [-0.25, -0.2) is 0 Å². The predicted molar refractivity (Wildman–Crippen MR) is 99.6 cm³/mol. The number of rotatable bonds is 5. The van der Waals surface area contributed by atoms with Crippen LogP contribution < -0.4 is 10.2 Å². The molecule has 1 aliphatic carbocycles. The Kier molecular flexibility index (Phi) is 5.19. The van der Waals surface area contributed by atoms with E-state index in [0.29, 0.717) is 0 Å². The van der Waals surface area contributed by atoms with E-state index >= 15 is 0 Å². The van der Waals surface area contributed by atoms with E-state index in [1.165, 1.54) is 16.8 Å². The average molecular weight is 322 g/mol. The molecule has 0 spiro atoms. The van der Waals surface area contributed by atoms with Crippen molar-refractivity contribution in [3.63, 3.8) is 0 Å². The van der Waals surface area contributed by atoms with Gasteiger partial charge in [0.15, 0.2) is 0 Å². The van der Waals surface area contributed by atoms with Crippen molar-refractivity contribution in [2.24, 2.45) is 0 Å². The Hall–Kier alpha value is -2.29. The van der Waals surface area contributed by atoms with Crippen LogP contribution in [0.25, 0.3) is 0 Å². The Morgan fingerprint density at radius 2 is 1.79 bits per heavy atom. The van der Waals surface area contributed by atoms with Gasteiger partial charge in [-0.2, -0.15) is 0 Å². The van der Waals surface area contributed by atoms with Gasteiger partial charge in [0.2, 0.25) is 0 Å². The molecule has 0 saturated heterocycles. The summed E-state index contributed by atoms with van der Waals surface area (Å²) in [5.41, 5.74) is 4.54. The van der Waals surface area contributed by atoms with Gasteiger partial charge in [-0.15, -0.1) is 0 Å². The molecule has 0 saturated carbocycles. The molecule has 1 unspecified atom stereocenters. The van der Waals surface area contributed by atoms with Gasteiger partial charge in [0.25, 0.3) is 5.91 Å². The number of benzene rings is 2. The highest BCUT2D eigenvalue weighted by Gasteiger charge is 2.21. The summed E-state index contributed by atoms with van der Waals surface area (Å²) in [6.07, 6.45) is 3.25. The molecule has 3 rings (SSSR count). The maximum absolute atomic E-state index is 12.6. The first kappa shape index (κ1) is 16.6. The fourth-order valence-electron chi connectivity index (χ4n) is 3.56. The van der Waals surface area contributed by atoms with Crippen molar-refractivity contribution in [3.8, 4) is 0 Å². The molecule has 0 bridgehead atoms. The molecule has 0 radical (unpaired) electrons. The summed E-state index contributed by atoms with van der Waals surface area (Å²) in [6.45, 7) is 6.23. The molecular formula is C21H26N2O. The fourth-order valence-corrected chi connectivity index (χ4v) is 3.56. The lowest BCUT2D eigenvalue weighted by atomic mass is 9.87. The van der Waals surface area contributed by atoms with E-state index in [1.807, 2.05) is 24.3 Å². The lowest BCUT2D eigenvalue weighted by molar-refractivity contribution is 0.0933. The number of carbonyl (C=O) groups excluding carboxylic acids is 1. The molecule has 1 amide bonds. The van der Waals surface area contributed by atoms with Crippen molar-refractivity contribution in [1.29, 1.82) is 0 Å². The Bertz CT molecular complexity index is 689.